The summed E-state index contributed by atoms with van der Waals surface area (Å²) in [5.74, 6) is 0. The van der Waals surface area contributed by atoms with Gasteiger partial charge in [0.1, 0.15) is 0 Å². The van der Waals surface area contributed by atoms with Crippen LogP contribution in [-0.4, -0.2) is 35.6 Å². The van der Waals surface area contributed by atoms with Crippen molar-refractivity contribution in [2.45, 2.75) is 6.04 Å². The minimum Gasteiger partial charge on any atom is -0.367 e. The van der Waals surface area contributed by atoms with E-state index in [0.29, 0.717) is 6.04 Å². The van der Waals surface area contributed by atoms with Crippen molar-refractivity contribution in [3.63, 3.8) is 0 Å². The SMILES string of the molecule is Cn1[c]c(N2CCN(C(c3ccccc3)c3ccccc3)CC2)c2ccccc21. The van der Waals surface area contributed by atoms with Crippen molar-refractivity contribution in [1.29, 1.82) is 0 Å². The molecule has 0 N–H and O–H groups in total. The number of hydrogen-bond acceptors (Lipinski definition) is 2. The lowest BCUT2D eigenvalue weighted by atomic mass is 9.96. The molecule has 2 heterocycles. The maximum absolute atomic E-state index is 3.55. The first-order valence-electron chi connectivity index (χ1n) is 10.4. The highest BCUT2D eigenvalue weighted by Crippen LogP contribution is 2.32. The molecule has 145 valence electrons. The Hall–Kier alpha value is -3.04. The summed E-state index contributed by atoms with van der Waals surface area (Å²) in [6.07, 6.45) is 3.55. The zero-order chi connectivity index (χ0) is 19.6. The second-order valence-corrected chi connectivity index (χ2v) is 7.78. The van der Waals surface area contributed by atoms with E-state index >= 15 is 0 Å². The topological polar surface area (TPSA) is 11.4 Å². The van der Waals surface area contributed by atoms with Gasteiger partial charge >= 0.3 is 0 Å². The molecule has 4 aromatic rings. The van der Waals surface area contributed by atoms with Crippen LogP contribution in [0.5, 0.6) is 0 Å². The third-order valence-corrected chi connectivity index (χ3v) is 6.02. The molecule has 3 aromatic carbocycles. The molecule has 0 atom stereocenters. The van der Waals surface area contributed by atoms with Crippen LogP contribution in [0.1, 0.15) is 17.2 Å². The van der Waals surface area contributed by atoms with Gasteiger partial charge in [-0.05, 0) is 17.2 Å². The van der Waals surface area contributed by atoms with E-state index in [1.807, 2.05) is 0 Å². The van der Waals surface area contributed by atoms with Crippen molar-refractivity contribution in [3.05, 3.63) is 102 Å². The quantitative estimate of drug-likeness (QED) is 0.499. The Morgan fingerprint density at radius 2 is 1.24 bits per heavy atom. The molecule has 29 heavy (non-hydrogen) atoms. The highest BCUT2D eigenvalue weighted by molar-refractivity contribution is 5.93. The second-order valence-electron chi connectivity index (χ2n) is 7.78. The normalized spacial score (nSPS) is 15.3. The molecule has 5 rings (SSSR count). The fourth-order valence-corrected chi connectivity index (χ4v) is 4.58. The van der Waals surface area contributed by atoms with E-state index in [0.717, 1.165) is 26.2 Å². The van der Waals surface area contributed by atoms with Crippen molar-refractivity contribution in [3.8, 4) is 0 Å². The highest BCUT2D eigenvalue weighted by Gasteiger charge is 2.27. The van der Waals surface area contributed by atoms with Gasteiger partial charge in [0.25, 0.3) is 0 Å². The van der Waals surface area contributed by atoms with E-state index in [4.69, 9.17) is 0 Å². The van der Waals surface area contributed by atoms with Crippen molar-refractivity contribution in [2.75, 3.05) is 31.1 Å². The van der Waals surface area contributed by atoms with E-state index in [9.17, 15) is 0 Å². The van der Waals surface area contributed by atoms with Gasteiger partial charge in [-0.1, -0.05) is 78.9 Å². The van der Waals surface area contributed by atoms with Crippen molar-refractivity contribution >= 4 is 16.6 Å². The van der Waals surface area contributed by atoms with Gasteiger partial charge in [-0.2, -0.15) is 0 Å². The Balaban J connectivity index is 1.41. The van der Waals surface area contributed by atoms with Crippen LogP contribution < -0.4 is 4.90 Å². The molecule has 1 aliphatic rings. The first-order chi connectivity index (χ1) is 14.3. The van der Waals surface area contributed by atoms with Crippen LogP contribution in [0.25, 0.3) is 10.9 Å². The van der Waals surface area contributed by atoms with E-state index in [-0.39, 0.29) is 0 Å². The van der Waals surface area contributed by atoms with Crippen LogP contribution in [0.2, 0.25) is 0 Å². The monoisotopic (exact) mass is 380 g/mol. The van der Waals surface area contributed by atoms with Crippen LogP contribution >= 0.6 is 0 Å². The first kappa shape index (κ1) is 18.0. The molecule has 0 amide bonds. The van der Waals surface area contributed by atoms with Crippen LogP contribution in [0.4, 0.5) is 5.69 Å². The molecule has 0 aliphatic carbocycles. The maximum Gasteiger partial charge on any atom is 0.0916 e. The third kappa shape index (κ3) is 3.43. The number of aromatic nitrogens is 1. The number of fused-ring (bicyclic) bond motifs is 1. The Kier molecular flexibility index (Phi) is 4.82. The Morgan fingerprint density at radius 1 is 0.690 bits per heavy atom. The number of hydrogen-bond donors (Lipinski definition) is 0. The third-order valence-electron chi connectivity index (χ3n) is 6.02. The van der Waals surface area contributed by atoms with Crippen molar-refractivity contribution < 1.29 is 0 Å². The number of piperazine rings is 1. The molecular formula is C26H26N3. The summed E-state index contributed by atoms with van der Waals surface area (Å²) < 4.78 is 2.12. The molecule has 1 aromatic heterocycles. The van der Waals surface area contributed by atoms with E-state index < -0.39 is 0 Å². The van der Waals surface area contributed by atoms with Gasteiger partial charge in [-0.15, -0.1) is 0 Å². The van der Waals surface area contributed by atoms with Gasteiger partial charge in [0.2, 0.25) is 0 Å². The fourth-order valence-electron chi connectivity index (χ4n) is 4.58. The van der Waals surface area contributed by atoms with Gasteiger partial charge in [-0.25, -0.2) is 0 Å². The van der Waals surface area contributed by atoms with Gasteiger partial charge in [0.15, 0.2) is 0 Å². The average Bonchev–Trinajstić information content (AvgIpc) is 3.13. The minimum atomic E-state index is 0.302. The van der Waals surface area contributed by atoms with Crippen molar-refractivity contribution in [1.82, 2.24) is 9.47 Å². The molecule has 1 aliphatic heterocycles. The van der Waals surface area contributed by atoms with Gasteiger partial charge in [0, 0.05) is 38.6 Å². The zero-order valence-corrected chi connectivity index (χ0v) is 16.8. The standard InChI is InChI=1S/C26H26N3/c1-27-20-25(23-14-8-9-15-24(23)27)28-16-18-29(19-17-28)26(21-10-4-2-5-11-21)22-12-6-3-7-13-22/h2-15,26H,16-19H2,1H3. The van der Waals surface area contributed by atoms with Gasteiger partial charge < -0.3 is 9.47 Å². The molecule has 0 spiro atoms. The van der Waals surface area contributed by atoms with Gasteiger partial charge in [-0.3, -0.25) is 4.90 Å². The molecule has 1 saturated heterocycles. The van der Waals surface area contributed by atoms with E-state index in [1.165, 1.54) is 27.7 Å². The zero-order valence-electron chi connectivity index (χ0n) is 16.8. The summed E-state index contributed by atoms with van der Waals surface area (Å²) in [5, 5.41) is 1.30. The Labute approximate surface area is 172 Å². The molecule has 1 radical (unpaired) electrons. The average molecular weight is 381 g/mol. The maximum atomic E-state index is 3.55. The lowest BCUT2D eigenvalue weighted by molar-refractivity contribution is 0.212. The number of rotatable bonds is 4. The number of benzene rings is 3. The van der Waals surface area contributed by atoms with Crippen LogP contribution in [0.3, 0.4) is 0 Å². The molecular weight excluding hydrogens is 354 g/mol. The number of anilines is 1. The number of nitrogens with zero attached hydrogens (tertiary/aromatic N) is 3. The van der Waals surface area contributed by atoms with Crippen LogP contribution in [0.15, 0.2) is 84.9 Å². The number of aryl methyl sites for hydroxylation is 1. The Morgan fingerprint density at radius 3 is 1.86 bits per heavy atom. The predicted octanol–water partition coefficient (Wildman–Crippen LogP) is 4.89. The summed E-state index contributed by atoms with van der Waals surface area (Å²) in [5.41, 5.74) is 5.21. The fraction of sp³-hybridized carbons (Fsp3) is 0.231. The summed E-state index contributed by atoms with van der Waals surface area (Å²) in [4.78, 5) is 5.11. The lowest BCUT2D eigenvalue weighted by Gasteiger charge is -2.40. The number of para-hydroxylation sites is 1. The van der Waals surface area contributed by atoms with Crippen LogP contribution in [0, 0.1) is 6.20 Å². The van der Waals surface area contributed by atoms with Crippen LogP contribution in [-0.2, 0) is 7.05 Å². The molecule has 0 unspecified atom stereocenters. The van der Waals surface area contributed by atoms with Crippen molar-refractivity contribution in [2.24, 2.45) is 7.05 Å². The smallest absolute Gasteiger partial charge is 0.0916 e. The largest absolute Gasteiger partial charge is 0.367 e. The summed E-state index contributed by atoms with van der Waals surface area (Å²) >= 11 is 0. The van der Waals surface area contributed by atoms with E-state index in [2.05, 4.69) is 113 Å². The summed E-state index contributed by atoms with van der Waals surface area (Å²) in [6, 6.07) is 30.7. The Bertz CT molecular complexity index is 1040. The molecule has 3 nitrogen and oxygen atoms in total. The molecule has 3 heteroatoms. The summed E-state index contributed by atoms with van der Waals surface area (Å²) in [6.45, 7) is 4.10. The summed E-state index contributed by atoms with van der Waals surface area (Å²) in [7, 11) is 2.09. The minimum absolute atomic E-state index is 0.302. The molecule has 0 bridgehead atoms. The van der Waals surface area contributed by atoms with Gasteiger partial charge in [0.05, 0.1) is 23.4 Å². The highest BCUT2D eigenvalue weighted by atomic mass is 15.3. The molecule has 1 fully saturated rings. The lowest BCUT2D eigenvalue weighted by Crippen LogP contribution is -2.48. The van der Waals surface area contributed by atoms with E-state index in [1.54, 1.807) is 0 Å². The molecule has 0 saturated carbocycles. The second kappa shape index (κ2) is 7.76. The first-order valence-corrected chi connectivity index (χ1v) is 10.4. The predicted molar refractivity (Wildman–Crippen MR) is 120 cm³/mol.